The highest BCUT2D eigenvalue weighted by molar-refractivity contribution is 5.78. The van der Waals surface area contributed by atoms with Crippen LogP contribution in [0.2, 0.25) is 0 Å². The number of rotatable bonds is 5. The number of nitro groups is 1. The highest BCUT2D eigenvalue weighted by Gasteiger charge is 2.30. The van der Waals surface area contributed by atoms with Crippen LogP contribution in [0.15, 0.2) is 64.2 Å². The van der Waals surface area contributed by atoms with Gasteiger partial charge in [0, 0.05) is 23.9 Å². The summed E-state index contributed by atoms with van der Waals surface area (Å²) >= 11 is 0. The fraction of sp³-hybridized carbons (Fsp3) is 0.0588. The van der Waals surface area contributed by atoms with Crippen LogP contribution in [0.3, 0.4) is 0 Å². The van der Waals surface area contributed by atoms with Crippen LogP contribution in [0.5, 0.6) is 0 Å². The minimum Gasteiger partial charge on any atom is -0.455 e. The molecule has 27 heavy (non-hydrogen) atoms. The normalized spacial score (nSPS) is 11.7. The van der Waals surface area contributed by atoms with E-state index in [1.165, 1.54) is 18.3 Å². The van der Waals surface area contributed by atoms with E-state index in [-0.39, 0.29) is 11.5 Å². The number of halogens is 3. The van der Waals surface area contributed by atoms with Gasteiger partial charge in [-0.1, -0.05) is 0 Å². The fourth-order valence-corrected chi connectivity index (χ4v) is 2.11. The van der Waals surface area contributed by atoms with Crippen LogP contribution in [0.25, 0.3) is 11.3 Å². The summed E-state index contributed by atoms with van der Waals surface area (Å²) in [6, 6.07) is 11.2. The first-order chi connectivity index (χ1) is 12.8. The minimum atomic E-state index is -4.45. The van der Waals surface area contributed by atoms with E-state index in [9.17, 15) is 23.3 Å². The molecule has 0 saturated heterocycles. The number of alkyl halides is 3. The van der Waals surface area contributed by atoms with Crippen molar-refractivity contribution in [3.05, 3.63) is 76.2 Å². The molecule has 2 aromatic heterocycles. The van der Waals surface area contributed by atoms with Crippen LogP contribution < -0.4 is 5.43 Å². The summed E-state index contributed by atoms with van der Waals surface area (Å²) in [5.74, 6) is 1.00. The average Bonchev–Trinajstić information content (AvgIpc) is 3.10. The largest absolute Gasteiger partial charge is 0.455 e. The summed E-state index contributed by atoms with van der Waals surface area (Å²) in [6.45, 7) is 0. The predicted octanol–water partition coefficient (Wildman–Crippen LogP) is 4.71. The summed E-state index contributed by atoms with van der Waals surface area (Å²) < 4.78 is 42.9. The molecule has 3 aromatic rings. The van der Waals surface area contributed by atoms with Gasteiger partial charge in [-0.2, -0.15) is 18.3 Å². The molecule has 0 aliphatic carbocycles. The Labute approximate surface area is 150 Å². The number of nitrogens with zero attached hydrogens (tertiary/aromatic N) is 3. The maximum atomic E-state index is 12.5. The number of non-ortho nitro benzene ring substituents is 1. The van der Waals surface area contributed by atoms with E-state index in [0.717, 1.165) is 12.1 Å². The molecule has 0 atom stereocenters. The molecule has 0 aliphatic rings. The molecule has 1 aromatic carbocycles. The number of hydrazone groups is 1. The van der Waals surface area contributed by atoms with E-state index in [1.807, 2.05) is 0 Å². The Bertz CT molecular complexity index is 964. The molecule has 3 rings (SSSR count). The average molecular weight is 376 g/mol. The molecule has 0 bridgehead atoms. The molecule has 0 amide bonds. The minimum absolute atomic E-state index is 0.0275. The van der Waals surface area contributed by atoms with Gasteiger partial charge in [-0.25, -0.2) is 4.98 Å². The molecule has 2 heterocycles. The van der Waals surface area contributed by atoms with Crippen LogP contribution in [-0.4, -0.2) is 16.1 Å². The van der Waals surface area contributed by atoms with Crippen LogP contribution in [0.1, 0.15) is 11.3 Å². The molecule has 138 valence electrons. The lowest BCUT2D eigenvalue weighted by molar-refractivity contribution is -0.384. The second-order valence-electron chi connectivity index (χ2n) is 5.31. The number of hydrogen-bond acceptors (Lipinski definition) is 6. The van der Waals surface area contributed by atoms with Crippen molar-refractivity contribution in [1.29, 1.82) is 0 Å². The van der Waals surface area contributed by atoms with Crippen molar-refractivity contribution < 1.29 is 22.5 Å². The van der Waals surface area contributed by atoms with Gasteiger partial charge in [0.15, 0.2) is 0 Å². The van der Waals surface area contributed by atoms with E-state index in [0.29, 0.717) is 23.3 Å². The Morgan fingerprint density at radius 1 is 1.11 bits per heavy atom. The first-order valence-electron chi connectivity index (χ1n) is 7.50. The number of furan rings is 1. The number of hydrogen-bond donors (Lipinski definition) is 1. The Morgan fingerprint density at radius 2 is 1.85 bits per heavy atom. The van der Waals surface area contributed by atoms with Crippen molar-refractivity contribution in [2.75, 3.05) is 5.43 Å². The van der Waals surface area contributed by atoms with Gasteiger partial charge in [-0.05, 0) is 36.4 Å². The van der Waals surface area contributed by atoms with Crippen LogP contribution in [0, 0.1) is 10.1 Å². The third-order valence-corrected chi connectivity index (χ3v) is 3.45. The van der Waals surface area contributed by atoms with Gasteiger partial charge in [0.25, 0.3) is 5.69 Å². The Hall–Kier alpha value is -3.69. The zero-order valence-corrected chi connectivity index (χ0v) is 13.5. The third kappa shape index (κ3) is 4.48. The summed E-state index contributed by atoms with van der Waals surface area (Å²) in [4.78, 5) is 13.8. The monoisotopic (exact) mass is 376 g/mol. The van der Waals surface area contributed by atoms with Gasteiger partial charge >= 0.3 is 6.18 Å². The molecular weight excluding hydrogens is 365 g/mol. The lowest BCUT2D eigenvalue weighted by atomic mass is 10.1. The Kier molecular flexibility index (Phi) is 4.88. The fourth-order valence-electron chi connectivity index (χ4n) is 2.11. The van der Waals surface area contributed by atoms with Gasteiger partial charge in [-0.15, -0.1) is 0 Å². The molecule has 7 nitrogen and oxygen atoms in total. The number of benzene rings is 1. The van der Waals surface area contributed by atoms with E-state index < -0.39 is 16.7 Å². The van der Waals surface area contributed by atoms with Gasteiger partial charge in [-0.3, -0.25) is 15.5 Å². The zero-order valence-electron chi connectivity index (χ0n) is 13.5. The first kappa shape index (κ1) is 18.1. The molecular formula is C17H11F3N4O3. The molecule has 0 radical (unpaired) electrons. The molecule has 0 unspecified atom stereocenters. The summed E-state index contributed by atoms with van der Waals surface area (Å²) in [6.07, 6.45) is -2.41. The Balaban J connectivity index is 1.64. The van der Waals surface area contributed by atoms with Crippen molar-refractivity contribution in [2.45, 2.75) is 6.18 Å². The third-order valence-electron chi connectivity index (χ3n) is 3.45. The number of aromatic nitrogens is 1. The molecule has 0 aliphatic heterocycles. The van der Waals surface area contributed by atoms with E-state index in [4.69, 9.17) is 4.42 Å². The number of pyridine rings is 1. The lowest BCUT2D eigenvalue weighted by Gasteiger charge is -2.06. The van der Waals surface area contributed by atoms with Crippen molar-refractivity contribution >= 4 is 17.7 Å². The SMILES string of the molecule is O=[N+]([O-])c1ccc(-c2ccc(/C=N/Nc3ccc(C(F)(F)F)cn3)o2)cc1. The number of nitrogens with one attached hydrogen (secondary N) is 1. The van der Waals surface area contributed by atoms with Crippen molar-refractivity contribution in [2.24, 2.45) is 5.10 Å². The van der Waals surface area contributed by atoms with E-state index in [1.54, 1.807) is 24.3 Å². The number of nitro benzene ring substituents is 1. The topological polar surface area (TPSA) is 93.6 Å². The highest BCUT2D eigenvalue weighted by Crippen LogP contribution is 2.29. The highest BCUT2D eigenvalue weighted by atomic mass is 19.4. The Morgan fingerprint density at radius 3 is 2.44 bits per heavy atom. The summed E-state index contributed by atoms with van der Waals surface area (Å²) in [7, 11) is 0. The number of anilines is 1. The molecule has 1 N–H and O–H groups in total. The second-order valence-corrected chi connectivity index (χ2v) is 5.31. The summed E-state index contributed by atoms with van der Waals surface area (Å²) in [5, 5.41) is 14.5. The lowest BCUT2D eigenvalue weighted by Crippen LogP contribution is -2.05. The van der Waals surface area contributed by atoms with Crippen LogP contribution >= 0.6 is 0 Å². The second kappa shape index (κ2) is 7.28. The maximum absolute atomic E-state index is 12.5. The quantitative estimate of drug-likeness (QED) is 0.395. The van der Waals surface area contributed by atoms with E-state index >= 15 is 0 Å². The van der Waals surface area contributed by atoms with Gasteiger partial charge in [0.2, 0.25) is 0 Å². The van der Waals surface area contributed by atoms with Crippen molar-refractivity contribution in [3.8, 4) is 11.3 Å². The molecule has 10 heteroatoms. The standard InChI is InChI=1S/C17H11F3N4O3/c18-17(19,20)12-3-8-16(21-9-12)23-22-10-14-6-7-15(27-14)11-1-4-13(5-2-11)24(25)26/h1-10H,(H,21,23)/b22-10+. The van der Waals surface area contributed by atoms with Crippen LogP contribution in [0.4, 0.5) is 24.7 Å². The van der Waals surface area contributed by atoms with Crippen molar-refractivity contribution in [1.82, 2.24) is 4.98 Å². The van der Waals surface area contributed by atoms with Crippen LogP contribution in [-0.2, 0) is 6.18 Å². The molecule has 0 saturated carbocycles. The summed E-state index contributed by atoms with van der Waals surface area (Å²) in [5.41, 5.74) is 2.27. The van der Waals surface area contributed by atoms with E-state index in [2.05, 4.69) is 15.5 Å². The van der Waals surface area contributed by atoms with Crippen molar-refractivity contribution in [3.63, 3.8) is 0 Å². The maximum Gasteiger partial charge on any atom is 0.417 e. The zero-order chi connectivity index (χ0) is 19.4. The molecule has 0 spiro atoms. The predicted molar refractivity (Wildman–Crippen MR) is 91.3 cm³/mol. The smallest absolute Gasteiger partial charge is 0.417 e. The van der Waals surface area contributed by atoms with Gasteiger partial charge in [0.1, 0.15) is 17.3 Å². The van der Waals surface area contributed by atoms with Gasteiger partial charge < -0.3 is 4.42 Å². The van der Waals surface area contributed by atoms with Gasteiger partial charge in [0.05, 0.1) is 16.7 Å². The first-order valence-corrected chi connectivity index (χ1v) is 7.50. The molecule has 0 fully saturated rings.